The summed E-state index contributed by atoms with van der Waals surface area (Å²) in [6.45, 7) is 2.12. The third-order valence-electron chi connectivity index (χ3n) is 5.67. The highest BCUT2D eigenvalue weighted by Crippen LogP contribution is 2.49. The second-order valence-corrected chi connectivity index (χ2v) is 8.61. The predicted octanol–water partition coefficient (Wildman–Crippen LogP) is -0.994. The van der Waals surface area contributed by atoms with E-state index in [1.54, 1.807) is 0 Å². The van der Waals surface area contributed by atoms with Gasteiger partial charge in [0.15, 0.2) is 0 Å². The number of aliphatic carboxylic acids is 3. The first-order valence-corrected chi connectivity index (χ1v) is 10.5. The summed E-state index contributed by atoms with van der Waals surface area (Å²) in [5, 5.41) is 39.7. The van der Waals surface area contributed by atoms with E-state index in [1.165, 1.54) is 11.1 Å². The van der Waals surface area contributed by atoms with Gasteiger partial charge >= 0.3 is 0 Å². The Bertz CT molecular complexity index is 1060. The van der Waals surface area contributed by atoms with Crippen LogP contribution in [0.25, 0.3) is 0 Å². The maximum absolute atomic E-state index is 10.1. The van der Waals surface area contributed by atoms with E-state index < -0.39 is 36.4 Å². The Balaban J connectivity index is 0.000000207. The highest BCUT2D eigenvalue weighted by Gasteiger charge is 2.38. The van der Waals surface area contributed by atoms with Crippen LogP contribution in [0.1, 0.15) is 35.8 Å². The lowest BCUT2D eigenvalue weighted by Gasteiger charge is -2.29. The number of rotatable bonds is 5. The molecular weight excluding hydrogens is 454 g/mol. The predicted molar refractivity (Wildman–Crippen MR) is 110 cm³/mol. The molecule has 0 spiro atoms. The summed E-state index contributed by atoms with van der Waals surface area (Å²) >= 11 is 6.20. The average Bonchev–Trinajstić information content (AvgIpc) is 3.05. The Morgan fingerprint density at radius 3 is 2.12 bits per heavy atom. The molecule has 2 aromatic rings. The van der Waals surface area contributed by atoms with Crippen LogP contribution in [-0.4, -0.2) is 53.7 Å². The van der Waals surface area contributed by atoms with Crippen LogP contribution in [0.3, 0.4) is 0 Å². The fourth-order valence-corrected chi connectivity index (χ4v) is 4.40. The Kier molecular flexibility index (Phi) is 7.26. The molecule has 1 saturated heterocycles. The molecule has 4 rings (SSSR count). The number of likely N-dealkylation sites (tertiary alicyclic amines) is 1. The molecular formula is C23H21ClNO8-3. The number of benzene rings is 2. The molecule has 0 bridgehead atoms. The van der Waals surface area contributed by atoms with Crippen LogP contribution in [0.4, 0.5) is 0 Å². The molecule has 9 nitrogen and oxygen atoms in total. The van der Waals surface area contributed by atoms with Crippen LogP contribution in [-0.2, 0) is 14.4 Å². The molecule has 1 N–H and O–H groups in total. The third kappa shape index (κ3) is 5.62. The van der Waals surface area contributed by atoms with Crippen molar-refractivity contribution in [2.24, 2.45) is 0 Å². The smallest absolute Gasteiger partial charge is 0.131 e. The van der Waals surface area contributed by atoms with Crippen molar-refractivity contribution in [2.75, 3.05) is 20.1 Å². The van der Waals surface area contributed by atoms with Gasteiger partial charge in [0, 0.05) is 60.3 Å². The number of likely N-dealkylation sites (N-methyl/N-ethyl adjacent to an activating group) is 1. The third-order valence-corrected chi connectivity index (χ3v) is 5.90. The van der Waals surface area contributed by atoms with Crippen molar-refractivity contribution in [1.29, 1.82) is 0 Å². The maximum atomic E-state index is 10.1. The zero-order chi connectivity index (χ0) is 24.3. The van der Waals surface area contributed by atoms with Gasteiger partial charge in [0.25, 0.3) is 0 Å². The zero-order valence-electron chi connectivity index (χ0n) is 17.7. The number of hydrogen-bond acceptors (Lipinski definition) is 9. The highest BCUT2D eigenvalue weighted by atomic mass is 35.5. The number of carboxylic acid groups (broad SMARTS) is 3. The first-order chi connectivity index (χ1) is 15.5. The standard InChI is InChI=1S/C17H16ClNO.C6H8O7/c1-19-9-14-12-4-2-3-5-16(12)20-17-7-6-11(18)8-13(17)15(14)10-19;7-3(8)1-6(13,5(11)12)2-4(9)10/h2-8,14-15H,9-10H2,1H3;13H,1-2H2,(H,7,8)(H,9,10)(H,11,12)/p-3. The number of ether oxygens (including phenoxy) is 1. The fourth-order valence-electron chi connectivity index (χ4n) is 4.22. The van der Waals surface area contributed by atoms with Gasteiger partial charge in [-0.25, -0.2) is 0 Å². The molecule has 0 amide bonds. The molecule has 2 aliphatic rings. The second kappa shape index (κ2) is 9.78. The summed E-state index contributed by atoms with van der Waals surface area (Å²) in [5.74, 6) is -3.11. The lowest BCUT2D eigenvalue weighted by molar-refractivity contribution is -0.339. The molecule has 2 unspecified atom stereocenters. The molecule has 33 heavy (non-hydrogen) atoms. The van der Waals surface area contributed by atoms with E-state index in [-0.39, 0.29) is 0 Å². The number of para-hydroxylation sites is 1. The van der Waals surface area contributed by atoms with Crippen LogP contribution in [0.15, 0.2) is 42.5 Å². The Morgan fingerprint density at radius 2 is 1.55 bits per heavy atom. The Morgan fingerprint density at radius 1 is 1.00 bits per heavy atom. The number of halogens is 1. The van der Waals surface area contributed by atoms with E-state index in [0.717, 1.165) is 29.6 Å². The summed E-state index contributed by atoms with van der Waals surface area (Å²) in [6.07, 6.45) is -2.72. The summed E-state index contributed by atoms with van der Waals surface area (Å²) in [4.78, 5) is 32.4. The topological polar surface area (TPSA) is 153 Å². The Hall–Kier alpha value is -3.14. The van der Waals surface area contributed by atoms with Crippen molar-refractivity contribution in [3.05, 3.63) is 58.6 Å². The molecule has 1 fully saturated rings. The lowest BCUT2D eigenvalue weighted by atomic mass is 9.84. The number of hydrogen-bond donors (Lipinski definition) is 1. The largest absolute Gasteiger partial charge is 0.550 e. The fraction of sp³-hybridized carbons (Fsp3) is 0.348. The molecule has 0 saturated carbocycles. The average molecular weight is 475 g/mol. The number of aliphatic hydroxyl groups is 1. The van der Waals surface area contributed by atoms with Crippen molar-refractivity contribution in [2.45, 2.75) is 30.3 Å². The van der Waals surface area contributed by atoms with Gasteiger partial charge in [0.2, 0.25) is 0 Å². The minimum Gasteiger partial charge on any atom is -0.550 e. The minimum atomic E-state index is -2.97. The van der Waals surface area contributed by atoms with Crippen molar-refractivity contribution in [1.82, 2.24) is 4.90 Å². The molecule has 0 radical (unpaired) electrons. The van der Waals surface area contributed by atoms with E-state index in [0.29, 0.717) is 11.8 Å². The van der Waals surface area contributed by atoms with Crippen LogP contribution in [0, 0.1) is 0 Å². The molecule has 2 aliphatic heterocycles. The van der Waals surface area contributed by atoms with Crippen LogP contribution < -0.4 is 20.1 Å². The van der Waals surface area contributed by atoms with Crippen molar-refractivity contribution in [3.63, 3.8) is 0 Å². The molecule has 0 aromatic heterocycles. The minimum absolute atomic E-state index is 0.456. The number of carboxylic acids is 3. The summed E-state index contributed by atoms with van der Waals surface area (Å²) in [5.41, 5.74) is -0.422. The highest BCUT2D eigenvalue weighted by molar-refractivity contribution is 6.30. The van der Waals surface area contributed by atoms with Gasteiger partial charge in [-0.3, -0.25) is 0 Å². The molecule has 10 heteroatoms. The monoisotopic (exact) mass is 474 g/mol. The second-order valence-electron chi connectivity index (χ2n) is 8.17. The van der Waals surface area contributed by atoms with E-state index in [9.17, 15) is 29.7 Å². The van der Waals surface area contributed by atoms with Crippen LogP contribution >= 0.6 is 11.6 Å². The van der Waals surface area contributed by atoms with E-state index >= 15 is 0 Å². The summed E-state index contributed by atoms with van der Waals surface area (Å²) in [6, 6.07) is 14.4. The summed E-state index contributed by atoms with van der Waals surface area (Å²) < 4.78 is 6.15. The first-order valence-electron chi connectivity index (χ1n) is 10.1. The molecule has 2 heterocycles. The van der Waals surface area contributed by atoms with Crippen molar-refractivity contribution in [3.8, 4) is 11.5 Å². The van der Waals surface area contributed by atoms with Gasteiger partial charge < -0.3 is 44.4 Å². The molecule has 0 aliphatic carbocycles. The molecule has 2 atom stereocenters. The van der Waals surface area contributed by atoms with Gasteiger partial charge in [-0.1, -0.05) is 29.8 Å². The van der Waals surface area contributed by atoms with Gasteiger partial charge in [-0.2, -0.15) is 0 Å². The van der Waals surface area contributed by atoms with Crippen molar-refractivity contribution < 1.29 is 39.5 Å². The van der Waals surface area contributed by atoms with E-state index in [2.05, 4.69) is 36.2 Å². The Labute approximate surface area is 194 Å². The maximum Gasteiger partial charge on any atom is 0.131 e. The molecule has 2 aromatic carbocycles. The first kappa shape index (κ1) is 24.5. The normalized spacial score (nSPS) is 19.0. The number of fused-ring (bicyclic) bond motifs is 5. The zero-order valence-corrected chi connectivity index (χ0v) is 18.4. The lowest BCUT2D eigenvalue weighted by Crippen LogP contribution is -2.54. The number of carbonyl (C=O) groups is 3. The van der Waals surface area contributed by atoms with Gasteiger partial charge in [0.1, 0.15) is 17.1 Å². The molecule has 176 valence electrons. The van der Waals surface area contributed by atoms with Crippen molar-refractivity contribution >= 4 is 29.5 Å². The summed E-state index contributed by atoms with van der Waals surface area (Å²) in [7, 11) is 2.18. The SMILES string of the molecule is CN1CC2c3ccccc3Oc3ccc(Cl)cc3C2C1.O=C([O-])CC(O)(CC(=O)[O-])C(=O)[O-]. The van der Waals surface area contributed by atoms with Gasteiger partial charge in [-0.15, -0.1) is 0 Å². The number of nitrogens with zero attached hydrogens (tertiary/aromatic N) is 1. The quantitative estimate of drug-likeness (QED) is 0.575. The van der Waals surface area contributed by atoms with E-state index in [4.69, 9.17) is 21.4 Å². The van der Waals surface area contributed by atoms with E-state index in [1.807, 2.05) is 18.2 Å². The van der Waals surface area contributed by atoms with Gasteiger partial charge in [-0.05, 0) is 36.9 Å². The number of carbonyl (C=O) groups excluding carboxylic acids is 3. The van der Waals surface area contributed by atoms with Crippen LogP contribution in [0.2, 0.25) is 5.02 Å². The van der Waals surface area contributed by atoms with Gasteiger partial charge in [0.05, 0.1) is 5.97 Å². The van der Waals surface area contributed by atoms with Crippen LogP contribution in [0.5, 0.6) is 11.5 Å².